The summed E-state index contributed by atoms with van der Waals surface area (Å²) in [4.78, 5) is 23.1. The van der Waals surface area contributed by atoms with Crippen LogP contribution in [0, 0.1) is 5.92 Å². The molecular weight excluding hydrogens is 314 g/mol. The van der Waals surface area contributed by atoms with Gasteiger partial charge in [-0.15, -0.1) is 0 Å². The summed E-state index contributed by atoms with van der Waals surface area (Å²) in [5, 5.41) is 14.5. The van der Waals surface area contributed by atoms with Crippen LogP contribution in [-0.2, 0) is 16.0 Å². The van der Waals surface area contributed by atoms with E-state index >= 15 is 0 Å². The van der Waals surface area contributed by atoms with Crippen LogP contribution in [0.5, 0.6) is 0 Å². The Balaban J connectivity index is 1.41. The molecule has 1 aliphatic carbocycles. The van der Waals surface area contributed by atoms with Gasteiger partial charge in [-0.05, 0) is 54.9 Å². The molecule has 0 saturated heterocycles. The molecule has 3 rings (SSSR count). The number of aryl methyl sites for hydroxylation is 1. The molecule has 0 radical (unpaired) electrons. The van der Waals surface area contributed by atoms with Crippen LogP contribution >= 0.6 is 0 Å². The molecule has 25 heavy (non-hydrogen) atoms. The molecule has 2 aromatic rings. The van der Waals surface area contributed by atoms with E-state index in [9.17, 15) is 9.59 Å². The molecule has 0 bridgehead atoms. The highest BCUT2D eigenvalue weighted by Gasteiger charge is 2.26. The minimum absolute atomic E-state index is 0.0829. The molecule has 0 aromatic heterocycles. The van der Waals surface area contributed by atoms with Gasteiger partial charge in [0.25, 0.3) is 0 Å². The first kappa shape index (κ1) is 17.5. The van der Waals surface area contributed by atoms with Crippen molar-refractivity contribution in [3.63, 3.8) is 0 Å². The van der Waals surface area contributed by atoms with Crippen LogP contribution in [0.15, 0.2) is 42.5 Å². The lowest BCUT2D eigenvalue weighted by molar-refractivity contribution is -0.142. The standard InChI is InChI=1S/C21H25NO3/c23-20(22-19-12-10-17(11-13-19)21(24)25)7-3-4-15-8-9-16-5-1-2-6-18(16)14-15/h1-2,5-6,8-9,14,17,19H,3-4,7,10-13H2,(H,22,23)(H,24,25). The number of fused-ring (bicyclic) bond motifs is 1. The molecule has 4 nitrogen and oxygen atoms in total. The van der Waals surface area contributed by atoms with Gasteiger partial charge in [-0.2, -0.15) is 0 Å². The fourth-order valence-electron chi connectivity index (χ4n) is 3.63. The molecule has 132 valence electrons. The molecule has 1 saturated carbocycles. The van der Waals surface area contributed by atoms with Crippen molar-refractivity contribution in [1.29, 1.82) is 0 Å². The number of carboxylic acids is 1. The van der Waals surface area contributed by atoms with Crippen LogP contribution in [-0.4, -0.2) is 23.0 Å². The highest BCUT2D eigenvalue weighted by Crippen LogP contribution is 2.24. The molecule has 1 fully saturated rings. The fourth-order valence-corrected chi connectivity index (χ4v) is 3.63. The Morgan fingerprint density at radius 2 is 1.72 bits per heavy atom. The van der Waals surface area contributed by atoms with Gasteiger partial charge in [-0.25, -0.2) is 0 Å². The van der Waals surface area contributed by atoms with Crippen LogP contribution in [0.4, 0.5) is 0 Å². The summed E-state index contributed by atoms with van der Waals surface area (Å²) in [7, 11) is 0. The first-order valence-electron chi connectivity index (χ1n) is 9.11. The molecule has 2 aromatic carbocycles. The maximum absolute atomic E-state index is 12.1. The first-order valence-corrected chi connectivity index (χ1v) is 9.11. The zero-order chi connectivity index (χ0) is 17.6. The Labute approximate surface area is 148 Å². The van der Waals surface area contributed by atoms with E-state index in [1.165, 1.54) is 16.3 Å². The summed E-state index contributed by atoms with van der Waals surface area (Å²) in [6.07, 6.45) is 5.11. The summed E-state index contributed by atoms with van der Waals surface area (Å²) >= 11 is 0. The van der Waals surface area contributed by atoms with Gasteiger partial charge in [0.2, 0.25) is 5.91 Å². The van der Waals surface area contributed by atoms with E-state index in [4.69, 9.17) is 5.11 Å². The van der Waals surface area contributed by atoms with Crippen LogP contribution in [0.1, 0.15) is 44.1 Å². The van der Waals surface area contributed by atoms with Crippen LogP contribution in [0.3, 0.4) is 0 Å². The van der Waals surface area contributed by atoms with E-state index in [2.05, 4.69) is 35.6 Å². The Kier molecular flexibility index (Phi) is 5.69. The second kappa shape index (κ2) is 8.15. The third kappa shape index (κ3) is 4.81. The zero-order valence-electron chi connectivity index (χ0n) is 14.4. The third-order valence-electron chi connectivity index (χ3n) is 5.12. The number of hydrogen-bond acceptors (Lipinski definition) is 2. The SMILES string of the molecule is O=C(CCCc1ccc2ccccc2c1)NC1CCC(C(=O)O)CC1. The van der Waals surface area contributed by atoms with Crippen molar-refractivity contribution in [1.82, 2.24) is 5.32 Å². The highest BCUT2D eigenvalue weighted by molar-refractivity contribution is 5.83. The predicted octanol–water partition coefficient (Wildman–Crippen LogP) is 3.92. The third-order valence-corrected chi connectivity index (χ3v) is 5.12. The zero-order valence-corrected chi connectivity index (χ0v) is 14.4. The fraction of sp³-hybridized carbons (Fsp3) is 0.429. The van der Waals surface area contributed by atoms with E-state index in [-0.39, 0.29) is 17.9 Å². The largest absolute Gasteiger partial charge is 0.481 e. The molecule has 1 amide bonds. The number of nitrogens with one attached hydrogen (secondary N) is 1. The number of hydrogen-bond donors (Lipinski definition) is 2. The minimum atomic E-state index is -0.708. The number of carboxylic acid groups (broad SMARTS) is 1. The Morgan fingerprint density at radius 1 is 1.00 bits per heavy atom. The van der Waals surface area contributed by atoms with Crippen molar-refractivity contribution in [2.75, 3.05) is 0 Å². The van der Waals surface area contributed by atoms with E-state index in [0.29, 0.717) is 19.3 Å². The van der Waals surface area contributed by atoms with Gasteiger partial charge < -0.3 is 10.4 Å². The lowest BCUT2D eigenvalue weighted by Crippen LogP contribution is -2.38. The van der Waals surface area contributed by atoms with Crippen LogP contribution < -0.4 is 5.32 Å². The molecule has 0 atom stereocenters. The quantitative estimate of drug-likeness (QED) is 0.838. The van der Waals surface area contributed by atoms with Gasteiger partial charge in [0, 0.05) is 12.5 Å². The Bertz CT molecular complexity index is 748. The Hall–Kier alpha value is -2.36. The maximum atomic E-state index is 12.1. The highest BCUT2D eigenvalue weighted by atomic mass is 16.4. The maximum Gasteiger partial charge on any atom is 0.306 e. The first-order chi connectivity index (χ1) is 12.1. The lowest BCUT2D eigenvalue weighted by atomic mass is 9.86. The average Bonchev–Trinajstić information content (AvgIpc) is 2.62. The molecule has 0 spiro atoms. The van der Waals surface area contributed by atoms with Gasteiger partial charge >= 0.3 is 5.97 Å². The molecule has 0 heterocycles. The number of carbonyl (C=O) groups is 2. The van der Waals surface area contributed by atoms with Crippen molar-refractivity contribution >= 4 is 22.6 Å². The van der Waals surface area contributed by atoms with E-state index in [1.807, 2.05) is 12.1 Å². The number of amides is 1. The normalized spacial score (nSPS) is 20.3. The summed E-state index contributed by atoms with van der Waals surface area (Å²) in [5.41, 5.74) is 1.26. The van der Waals surface area contributed by atoms with Crippen LogP contribution in [0.25, 0.3) is 10.8 Å². The van der Waals surface area contributed by atoms with Crippen molar-refractivity contribution in [3.05, 3.63) is 48.0 Å². The average molecular weight is 339 g/mol. The molecule has 1 aliphatic rings. The molecule has 0 aliphatic heterocycles. The van der Waals surface area contributed by atoms with Crippen molar-refractivity contribution in [3.8, 4) is 0 Å². The Morgan fingerprint density at radius 3 is 2.44 bits per heavy atom. The van der Waals surface area contributed by atoms with Crippen molar-refractivity contribution < 1.29 is 14.7 Å². The number of benzene rings is 2. The number of rotatable bonds is 6. The lowest BCUT2D eigenvalue weighted by Gasteiger charge is -2.26. The van der Waals surface area contributed by atoms with Crippen molar-refractivity contribution in [2.24, 2.45) is 5.92 Å². The summed E-state index contributed by atoms with van der Waals surface area (Å²) in [5.74, 6) is -0.860. The molecule has 4 heteroatoms. The number of aliphatic carboxylic acids is 1. The van der Waals surface area contributed by atoms with E-state index in [0.717, 1.165) is 25.7 Å². The smallest absolute Gasteiger partial charge is 0.306 e. The summed E-state index contributed by atoms with van der Waals surface area (Å²) in [6.45, 7) is 0. The monoisotopic (exact) mass is 339 g/mol. The van der Waals surface area contributed by atoms with Crippen molar-refractivity contribution in [2.45, 2.75) is 51.0 Å². The minimum Gasteiger partial charge on any atom is -0.481 e. The predicted molar refractivity (Wildman–Crippen MR) is 98.4 cm³/mol. The van der Waals surface area contributed by atoms with Gasteiger partial charge in [0.15, 0.2) is 0 Å². The van der Waals surface area contributed by atoms with Gasteiger partial charge in [0.1, 0.15) is 0 Å². The van der Waals surface area contributed by atoms with E-state index < -0.39 is 5.97 Å². The van der Waals surface area contributed by atoms with Gasteiger partial charge in [-0.1, -0.05) is 42.5 Å². The second-order valence-corrected chi connectivity index (χ2v) is 6.99. The second-order valence-electron chi connectivity index (χ2n) is 6.99. The molecule has 0 unspecified atom stereocenters. The van der Waals surface area contributed by atoms with Crippen LogP contribution in [0.2, 0.25) is 0 Å². The van der Waals surface area contributed by atoms with Gasteiger partial charge in [-0.3, -0.25) is 9.59 Å². The van der Waals surface area contributed by atoms with Gasteiger partial charge in [0.05, 0.1) is 5.92 Å². The molecular formula is C21H25NO3. The topological polar surface area (TPSA) is 66.4 Å². The summed E-state index contributed by atoms with van der Waals surface area (Å²) < 4.78 is 0. The van der Waals surface area contributed by atoms with E-state index in [1.54, 1.807) is 0 Å². The number of carbonyl (C=O) groups excluding carboxylic acids is 1. The summed E-state index contributed by atoms with van der Waals surface area (Å²) in [6, 6.07) is 14.9. The molecule has 2 N–H and O–H groups in total.